The topological polar surface area (TPSA) is 268 Å². The van der Waals surface area contributed by atoms with Crippen molar-refractivity contribution in [2.24, 2.45) is 0 Å². The fourth-order valence-corrected chi connectivity index (χ4v) is 10.4. The molecule has 74 heavy (non-hydrogen) atoms. The number of amides is 1. The van der Waals surface area contributed by atoms with Gasteiger partial charge in [0.15, 0.2) is 12.6 Å². The van der Waals surface area contributed by atoms with Crippen LogP contribution in [-0.4, -0.2) is 163 Å². The van der Waals surface area contributed by atoms with E-state index < -0.39 is 111 Å². The Labute approximate surface area is 448 Å². The summed E-state index contributed by atoms with van der Waals surface area (Å²) in [6, 6.07) is -1.31. The van der Waals surface area contributed by atoms with E-state index in [4.69, 9.17) is 18.9 Å². The van der Waals surface area contributed by atoms with Crippen LogP contribution in [0.4, 0.5) is 0 Å². The molecule has 0 radical (unpaired) electrons. The number of unbranched alkanes of at least 4 members (excludes halogenated alkanes) is 34. The molecular weight excluding hydrogens is 951 g/mol. The summed E-state index contributed by atoms with van der Waals surface area (Å²) in [4.78, 5) is 13.5. The Bertz CT molecular complexity index is 1290. The van der Waals surface area contributed by atoms with Crippen LogP contribution in [0, 0.1) is 0 Å². The molecule has 0 aromatic carbocycles. The van der Waals surface area contributed by atoms with Gasteiger partial charge in [-0.05, 0) is 12.8 Å². The van der Waals surface area contributed by atoms with E-state index in [1.807, 2.05) is 0 Å². The lowest BCUT2D eigenvalue weighted by Crippen LogP contribution is -2.65. The Hall–Kier alpha value is -1.09. The van der Waals surface area contributed by atoms with Crippen molar-refractivity contribution in [1.82, 2.24) is 5.32 Å². The fraction of sp³-hybridized carbons (Fsp3) is 0.983. The molecule has 2 rings (SSSR count). The van der Waals surface area contributed by atoms with Gasteiger partial charge in [0.2, 0.25) is 5.91 Å². The summed E-state index contributed by atoms with van der Waals surface area (Å²) in [5.41, 5.74) is 0. The Morgan fingerprint density at radius 2 is 0.784 bits per heavy atom. The number of hydrogen-bond acceptors (Lipinski definition) is 15. The van der Waals surface area contributed by atoms with Crippen molar-refractivity contribution >= 4 is 5.91 Å². The van der Waals surface area contributed by atoms with Crippen LogP contribution in [0.15, 0.2) is 0 Å². The minimum Gasteiger partial charge on any atom is -0.394 e. The lowest BCUT2D eigenvalue weighted by Gasteiger charge is -2.46. The van der Waals surface area contributed by atoms with E-state index in [1.54, 1.807) is 0 Å². The Kier molecular flexibility index (Phi) is 41.7. The molecule has 2 aliphatic rings. The van der Waals surface area contributed by atoms with Gasteiger partial charge in [0, 0.05) is 0 Å². The molecule has 14 atom stereocenters. The third-order valence-electron chi connectivity index (χ3n) is 15.5. The summed E-state index contributed by atoms with van der Waals surface area (Å²) in [5, 5.41) is 109. The number of nitrogens with one attached hydrogen (secondary N) is 1. The van der Waals surface area contributed by atoms with Crippen LogP contribution < -0.4 is 5.32 Å². The van der Waals surface area contributed by atoms with E-state index in [9.17, 15) is 55.9 Å². The highest BCUT2D eigenvalue weighted by Gasteiger charge is 2.51. The van der Waals surface area contributed by atoms with Gasteiger partial charge in [-0.15, -0.1) is 0 Å². The Morgan fingerprint density at radius 1 is 0.446 bits per heavy atom. The fourth-order valence-electron chi connectivity index (χ4n) is 10.4. The van der Waals surface area contributed by atoms with Gasteiger partial charge >= 0.3 is 0 Å². The maximum Gasteiger partial charge on any atom is 0.249 e. The highest BCUT2D eigenvalue weighted by Crippen LogP contribution is 2.30. The van der Waals surface area contributed by atoms with E-state index in [0.717, 1.165) is 51.4 Å². The van der Waals surface area contributed by atoms with Gasteiger partial charge in [0.25, 0.3) is 0 Å². The normalized spacial score (nSPS) is 26.0. The monoisotopic (exact) mass is 1060 g/mol. The average Bonchev–Trinajstić information content (AvgIpc) is 3.40. The maximum atomic E-state index is 13.5. The van der Waals surface area contributed by atoms with Crippen molar-refractivity contribution in [3.63, 3.8) is 0 Å². The van der Waals surface area contributed by atoms with Crippen LogP contribution in [0.2, 0.25) is 0 Å². The van der Waals surface area contributed by atoms with Crippen LogP contribution in [0.1, 0.15) is 258 Å². The second-order valence-electron chi connectivity index (χ2n) is 22.1. The predicted molar refractivity (Wildman–Crippen MR) is 289 cm³/mol. The van der Waals surface area contributed by atoms with Crippen LogP contribution in [0.5, 0.6) is 0 Å². The minimum atomic E-state index is -1.87. The highest BCUT2D eigenvalue weighted by atomic mass is 16.8. The number of ether oxygens (including phenoxy) is 4. The van der Waals surface area contributed by atoms with Crippen LogP contribution in [0.25, 0.3) is 0 Å². The molecule has 0 spiro atoms. The largest absolute Gasteiger partial charge is 0.394 e. The first-order valence-corrected chi connectivity index (χ1v) is 30.5. The van der Waals surface area contributed by atoms with Gasteiger partial charge in [0.05, 0.1) is 32.0 Å². The lowest BCUT2D eigenvalue weighted by molar-refractivity contribution is -0.368. The second kappa shape index (κ2) is 44.7. The van der Waals surface area contributed by atoms with Gasteiger partial charge in [-0.3, -0.25) is 4.79 Å². The number of aliphatic hydroxyl groups is 10. The van der Waals surface area contributed by atoms with Crippen molar-refractivity contribution < 1.29 is 74.8 Å². The Balaban J connectivity index is 1.86. The number of carbonyl (C=O) groups excluding carboxylic acids is 1. The van der Waals surface area contributed by atoms with Crippen molar-refractivity contribution in [3.8, 4) is 0 Å². The molecule has 0 saturated carbocycles. The first-order chi connectivity index (χ1) is 35.9. The number of hydrogen-bond donors (Lipinski definition) is 11. The summed E-state index contributed by atoms with van der Waals surface area (Å²) < 4.78 is 23.0. The molecule has 2 heterocycles. The van der Waals surface area contributed by atoms with Gasteiger partial charge in [-0.2, -0.15) is 0 Å². The third kappa shape index (κ3) is 29.8. The van der Waals surface area contributed by atoms with E-state index in [0.29, 0.717) is 12.8 Å². The third-order valence-corrected chi connectivity index (χ3v) is 15.5. The lowest BCUT2D eigenvalue weighted by atomic mass is 9.97. The van der Waals surface area contributed by atoms with E-state index in [1.165, 1.54) is 167 Å². The SMILES string of the molecule is CCCCCCCCCCCCCCCCCCCCCCCC(O)C(=O)NC(COC1OC(CO)C(O)C(O)C1OC1OC(CO)C(O)C(O)C1O)C(O)C(O)CCCCCCCCCCCCCCCCC. The zero-order valence-corrected chi connectivity index (χ0v) is 46.6. The molecule has 2 fully saturated rings. The molecule has 440 valence electrons. The number of aliphatic hydroxyl groups excluding tert-OH is 10. The van der Waals surface area contributed by atoms with Crippen molar-refractivity contribution in [2.75, 3.05) is 19.8 Å². The summed E-state index contributed by atoms with van der Waals surface area (Å²) >= 11 is 0. The average molecular weight is 1060 g/mol. The highest BCUT2D eigenvalue weighted by molar-refractivity contribution is 5.80. The molecule has 16 nitrogen and oxygen atoms in total. The standard InChI is InChI=1S/C58H113NO15/c1-3-5-7-9-11-13-15-17-19-20-21-22-23-24-26-28-30-32-34-36-38-40-46(63)56(70)59-44(49(64)45(62)39-37-35-33-31-29-27-25-18-16-14-12-10-8-6-4-2)43-71-58-55(53(68)51(66)48(42-61)73-58)74-57-54(69)52(67)50(65)47(41-60)72-57/h44-55,57-58,60-69H,3-43H2,1-2H3,(H,59,70). The van der Waals surface area contributed by atoms with E-state index in [-0.39, 0.29) is 12.8 Å². The van der Waals surface area contributed by atoms with Gasteiger partial charge in [-0.1, -0.05) is 245 Å². The van der Waals surface area contributed by atoms with Gasteiger partial charge < -0.3 is 75.3 Å². The quantitative estimate of drug-likeness (QED) is 0.0257. The zero-order valence-electron chi connectivity index (χ0n) is 46.6. The first-order valence-electron chi connectivity index (χ1n) is 30.5. The minimum absolute atomic E-state index is 0.194. The molecule has 16 heteroatoms. The zero-order chi connectivity index (χ0) is 54.2. The molecule has 2 saturated heterocycles. The van der Waals surface area contributed by atoms with Gasteiger partial charge in [-0.25, -0.2) is 0 Å². The number of carbonyl (C=O) groups is 1. The van der Waals surface area contributed by atoms with Gasteiger partial charge in [0.1, 0.15) is 61.0 Å². The van der Waals surface area contributed by atoms with Crippen LogP contribution in [0.3, 0.4) is 0 Å². The molecule has 2 aliphatic heterocycles. The predicted octanol–water partition coefficient (Wildman–Crippen LogP) is 8.06. The maximum absolute atomic E-state index is 13.5. The molecule has 0 aromatic rings. The van der Waals surface area contributed by atoms with Crippen molar-refractivity contribution in [3.05, 3.63) is 0 Å². The molecule has 11 N–H and O–H groups in total. The number of rotatable bonds is 49. The van der Waals surface area contributed by atoms with E-state index in [2.05, 4.69) is 19.2 Å². The smallest absolute Gasteiger partial charge is 0.249 e. The second-order valence-corrected chi connectivity index (χ2v) is 22.1. The summed E-state index contributed by atoms with van der Waals surface area (Å²) in [7, 11) is 0. The molecule has 1 amide bonds. The first kappa shape index (κ1) is 69.0. The molecular formula is C58H113NO15. The van der Waals surface area contributed by atoms with E-state index >= 15 is 0 Å². The Morgan fingerprint density at radius 3 is 1.16 bits per heavy atom. The summed E-state index contributed by atoms with van der Waals surface area (Å²) in [6.45, 7) is 2.44. The van der Waals surface area contributed by atoms with Crippen LogP contribution in [-0.2, 0) is 23.7 Å². The summed E-state index contributed by atoms with van der Waals surface area (Å²) in [5.74, 6) is -0.771. The molecule has 14 unspecified atom stereocenters. The molecule has 0 aliphatic carbocycles. The van der Waals surface area contributed by atoms with Crippen LogP contribution >= 0.6 is 0 Å². The summed E-state index contributed by atoms with van der Waals surface area (Å²) in [6.07, 6.45) is 23.4. The van der Waals surface area contributed by atoms with Crippen molar-refractivity contribution in [2.45, 2.75) is 344 Å². The molecule has 0 aromatic heterocycles. The van der Waals surface area contributed by atoms with Crippen molar-refractivity contribution in [1.29, 1.82) is 0 Å². The molecule has 0 bridgehead atoms.